The molecule has 0 spiro atoms. The minimum atomic E-state index is -2.97. The van der Waals surface area contributed by atoms with Crippen LogP contribution in [0.1, 0.15) is 25.6 Å². The van der Waals surface area contributed by atoms with E-state index in [1.807, 2.05) is 30.3 Å². The molecule has 0 aliphatic rings. The highest BCUT2D eigenvalue weighted by atomic mass is 32.1. The maximum absolute atomic E-state index is 12.7. The van der Waals surface area contributed by atoms with E-state index in [1.54, 1.807) is 17.5 Å². The monoisotopic (exact) mass is 459 g/mol. The van der Waals surface area contributed by atoms with E-state index < -0.39 is 36.9 Å². The van der Waals surface area contributed by atoms with Gasteiger partial charge in [-0.3, -0.25) is 9.59 Å². The van der Waals surface area contributed by atoms with E-state index in [-0.39, 0.29) is 17.7 Å². The molecule has 0 saturated heterocycles. The van der Waals surface area contributed by atoms with E-state index in [2.05, 4.69) is 10.1 Å². The molecule has 9 heteroatoms. The van der Waals surface area contributed by atoms with Crippen molar-refractivity contribution in [2.45, 2.75) is 19.1 Å². The first-order chi connectivity index (χ1) is 15.4. The minimum absolute atomic E-state index is 0.0900. The number of halogens is 2. The molecule has 3 rings (SSSR count). The topological polar surface area (TPSA) is 81.7 Å². The highest BCUT2D eigenvalue weighted by Gasteiger charge is 2.25. The number of carbonyl (C=O) groups is 3. The number of thiophene rings is 1. The molecular weight excluding hydrogens is 440 g/mol. The first-order valence-corrected chi connectivity index (χ1v) is 10.4. The van der Waals surface area contributed by atoms with Crippen molar-refractivity contribution in [3.05, 3.63) is 88.1 Å². The summed E-state index contributed by atoms with van der Waals surface area (Å²) in [5, 5.41) is 4.40. The molecule has 0 aliphatic heterocycles. The number of ketones is 1. The van der Waals surface area contributed by atoms with E-state index in [4.69, 9.17) is 4.74 Å². The van der Waals surface area contributed by atoms with Crippen LogP contribution in [0.25, 0.3) is 0 Å². The van der Waals surface area contributed by atoms with Crippen LogP contribution in [0.2, 0.25) is 0 Å². The number of hydrogen-bond donors (Lipinski definition) is 1. The quantitative estimate of drug-likeness (QED) is 0.364. The molecule has 6 nitrogen and oxygen atoms in total. The molecule has 166 valence electrons. The number of Topliss-reactive ketones (excluding diaryl/α,β-unsaturated/α-hetero) is 1. The Hall–Kier alpha value is -3.59. The van der Waals surface area contributed by atoms with E-state index in [0.717, 1.165) is 5.56 Å². The first kappa shape index (κ1) is 23.1. The molecule has 32 heavy (non-hydrogen) atoms. The summed E-state index contributed by atoms with van der Waals surface area (Å²) in [7, 11) is 0. The second-order valence-corrected chi connectivity index (χ2v) is 7.57. The highest BCUT2D eigenvalue weighted by molar-refractivity contribution is 7.12. The Bertz CT molecular complexity index is 1040. The van der Waals surface area contributed by atoms with Crippen LogP contribution in [-0.4, -0.2) is 36.9 Å². The van der Waals surface area contributed by atoms with Gasteiger partial charge in [-0.15, -0.1) is 11.3 Å². The number of nitrogens with one attached hydrogen (secondary N) is 1. The summed E-state index contributed by atoms with van der Waals surface area (Å²) >= 11 is 1.24. The molecule has 0 fully saturated rings. The summed E-state index contributed by atoms with van der Waals surface area (Å²) in [6.45, 7) is -3.53. The van der Waals surface area contributed by atoms with Crippen molar-refractivity contribution in [2.75, 3.05) is 6.61 Å². The zero-order chi connectivity index (χ0) is 22.9. The van der Waals surface area contributed by atoms with Gasteiger partial charge in [0, 0.05) is 12.0 Å². The fraction of sp³-hybridized carbons (Fsp3) is 0.174. The molecule has 1 amide bonds. The molecule has 1 aromatic heterocycles. The number of hydrogen-bond acceptors (Lipinski definition) is 6. The van der Waals surface area contributed by atoms with Crippen molar-refractivity contribution >= 4 is 29.0 Å². The lowest BCUT2D eigenvalue weighted by Gasteiger charge is -2.17. The molecule has 1 N–H and O–H groups in total. The van der Waals surface area contributed by atoms with Crippen LogP contribution in [-0.2, 0) is 16.0 Å². The van der Waals surface area contributed by atoms with Crippen LogP contribution in [0.4, 0.5) is 8.78 Å². The number of amides is 1. The predicted molar refractivity (Wildman–Crippen MR) is 114 cm³/mol. The molecule has 0 bridgehead atoms. The molecule has 0 radical (unpaired) electrons. The summed E-state index contributed by atoms with van der Waals surface area (Å²) in [6, 6.07) is 16.5. The van der Waals surface area contributed by atoms with Gasteiger partial charge in [0.1, 0.15) is 11.8 Å². The number of benzene rings is 2. The molecule has 1 heterocycles. The maximum Gasteiger partial charge on any atom is 0.387 e. The van der Waals surface area contributed by atoms with Crippen LogP contribution >= 0.6 is 11.3 Å². The van der Waals surface area contributed by atoms with Gasteiger partial charge in [0.05, 0.1) is 4.88 Å². The van der Waals surface area contributed by atoms with Gasteiger partial charge in [-0.1, -0.05) is 36.4 Å². The fourth-order valence-electron chi connectivity index (χ4n) is 2.82. The molecule has 2 aromatic carbocycles. The van der Waals surface area contributed by atoms with Crippen LogP contribution in [0.15, 0.2) is 72.1 Å². The lowest BCUT2D eigenvalue weighted by Crippen LogP contribution is -2.43. The second kappa shape index (κ2) is 11.1. The number of alkyl halides is 2. The average Bonchev–Trinajstić information content (AvgIpc) is 3.33. The SMILES string of the molecule is O=C(COC(=O)C(Cc1ccccc1)NC(=O)c1cccs1)c1ccc(OC(F)F)cc1. The van der Waals surface area contributed by atoms with Gasteiger partial charge in [0.15, 0.2) is 12.4 Å². The Morgan fingerprint density at radius 1 is 0.938 bits per heavy atom. The van der Waals surface area contributed by atoms with Crippen molar-refractivity contribution in [1.29, 1.82) is 0 Å². The average molecular weight is 459 g/mol. The lowest BCUT2D eigenvalue weighted by molar-refractivity contribution is -0.144. The summed E-state index contributed by atoms with van der Waals surface area (Å²) < 4.78 is 33.8. The van der Waals surface area contributed by atoms with Crippen LogP contribution < -0.4 is 10.1 Å². The van der Waals surface area contributed by atoms with Crippen molar-refractivity contribution in [3.63, 3.8) is 0 Å². The second-order valence-electron chi connectivity index (χ2n) is 6.63. The maximum atomic E-state index is 12.7. The van der Waals surface area contributed by atoms with Gasteiger partial charge in [0.25, 0.3) is 5.91 Å². The third kappa shape index (κ3) is 6.71. The minimum Gasteiger partial charge on any atom is -0.456 e. The first-order valence-electron chi connectivity index (χ1n) is 9.55. The van der Waals surface area contributed by atoms with Gasteiger partial charge in [0.2, 0.25) is 0 Å². The molecular formula is C23H19F2NO5S. The summed E-state index contributed by atoms with van der Waals surface area (Å²) in [4.78, 5) is 37.9. The molecule has 1 unspecified atom stereocenters. The van der Waals surface area contributed by atoms with Gasteiger partial charge in [-0.2, -0.15) is 8.78 Å². The predicted octanol–water partition coefficient (Wildman–Crippen LogP) is 4.12. The highest BCUT2D eigenvalue weighted by Crippen LogP contribution is 2.16. The Morgan fingerprint density at radius 3 is 2.28 bits per heavy atom. The summed E-state index contributed by atoms with van der Waals surface area (Å²) in [5.74, 6) is -1.79. The largest absolute Gasteiger partial charge is 0.456 e. The van der Waals surface area contributed by atoms with Gasteiger partial charge in [-0.25, -0.2) is 4.79 Å². The fourth-order valence-corrected chi connectivity index (χ4v) is 3.45. The van der Waals surface area contributed by atoms with Crippen molar-refractivity contribution in [3.8, 4) is 5.75 Å². The van der Waals surface area contributed by atoms with Gasteiger partial charge in [-0.05, 0) is 41.3 Å². The number of rotatable bonds is 10. The lowest BCUT2D eigenvalue weighted by atomic mass is 10.1. The van der Waals surface area contributed by atoms with Crippen molar-refractivity contribution in [1.82, 2.24) is 5.32 Å². The number of esters is 1. The molecule has 0 saturated carbocycles. The molecule has 1 atom stereocenters. The third-order valence-electron chi connectivity index (χ3n) is 4.36. The Morgan fingerprint density at radius 2 is 1.66 bits per heavy atom. The van der Waals surface area contributed by atoms with E-state index in [0.29, 0.717) is 4.88 Å². The zero-order valence-corrected chi connectivity index (χ0v) is 17.5. The van der Waals surface area contributed by atoms with E-state index in [9.17, 15) is 23.2 Å². The van der Waals surface area contributed by atoms with Gasteiger partial charge < -0.3 is 14.8 Å². The normalized spacial score (nSPS) is 11.6. The third-order valence-corrected chi connectivity index (χ3v) is 5.23. The smallest absolute Gasteiger partial charge is 0.387 e. The Labute approximate surface area is 186 Å². The van der Waals surface area contributed by atoms with Crippen LogP contribution in [0.3, 0.4) is 0 Å². The zero-order valence-electron chi connectivity index (χ0n) is 16.7. The standard InChI is InChI=1S/C23H19F2NO5S/c24-23(25)31-17-10-8-16(9-11-17)19(27)14-30-22(29)18(13-15-5-2-1-3-6-15)26-21(28)20-7-4-12-32-20/h1-12,18,23H,13-14H2,(H,26,28). The van der Waals surface area contributed by atoms with Crippen LogP contribution in [0.5, 0.6) is 5.75 Å². The van der Waals surface area contributed by atoms with Crippen LogP contribution in [0, 0.1) is 0 Å². The van der Waals surface area contributed by atoms with E-state index >= 15 is 0 Å². The molecule has 3 aromatic rings. The summed E-state index contributed by atoms with van der Waals surface area (Å²) in [6.07, 6.45) is 0.185. The Balaban J connectivity index is 1.63. The summed E-state index contributed by atoms with van der Waals surface area (Å²) in [5.41, 5.74) is 0.975. The molecule has 0 aliphatic carbocycles. The van der Waals surface area contributed by atoms with E-state index in [1.165, 1.54) is 35.6 Å². The number of carbonyl (C=O) groups excluding carboxylic acids is 3. The van der Waals surface area contributed by atoms with Crippen molar-refractivity contribution < 1.29 is 32.6 Å². The van der Waals surface area contributed by atoms with Gasteiger partial charge >= 0.3 is 12.6 Å². The van der Waals surface area contributed by atoms with Crippen molar-refractivity contribution in [2.24, 2.45) is 0 Å². The Kier molecular flexibility index (Phi) is 8.04. The number of ether oxygens (including phenoxy) is 2.